The molecule has 0 aliphatic heterocycles. The van der Waals surface area contributed by atoms with Crippen LogP contribution in [0.2, 0.25) is 0 Å². The molecule has 194 valence electrons. The van der Waals surface area contributed by atoms with Gasteiger partial charge in [-0.25, -0.2) is 8.78 Å². The third-order valence-corrected chi connectivity index (χ3v) is 8.99. The van der Waals surface area contributed by atoms with Crippen molar-refractivity contribution in [2.45, 2.75) is 71.3 Å². The van der Waals surface area contributed by atoms with Crippen molar-refractivity contribution < 1.29 is 18.7 Å². The highest BCUT2D eigenvalue weighted by Crippen LogP contribution is 2.66. The lowest BCUT2D eigenvalue weighted by Gasteiger charge is -2.53. The van der Waals surface area contributed by atoms with Crippen molar-refractivity contribution >= 4 is 5.78 Å². The lowest BCUT2D eigenvalue weighted by Crippen LogP contribution is -2.51. The fourth-order valence-corrected chi connectivity index (χ4v) is 7.10. The second kappa shape index (κ2) is 9.78. The van der Waals surface area contributed by atoms with Gasteiger partial charge in [0.1, 0.15) is 11.4 Å². The van der Waals surface area contributed by atoms with E-state index < -0.39 is 28.6 Å². The van der Waals surface area contributed by atoms with E-state index in [0.717, 1.165) is 36.0 Å². The fourth-order valence-electron chi connectivity index (χ4n) is 7.10. The van der Waals surface area contributed by atoms with E-state index in [0.29, 0.717) is 25.0 Å². The van der Waals surface area contributed by atoms with Gasteiger partial charge in [0.05, 0.1) is 0 Å². The monoisotopic (exact) mass is 495 g/mol. The molecule has 0 aromatic carbocycles. The number of carbonyl (C=O) groups excluding carboxylic acids is 1. The Hall–Kier alpha value is -2.45. The molecule has 5 heteroatoms. The Labute approximate surface area is 214 Å². The maximum absolute atomic E-state index is 16.2. The number of carbonyl (C=O) groups is 1. The number of aliphatic hydroxyl groups is 1. The lowest BCUT2D eigenvalue weighted by molar-refractivity contribution is -0.114. The van der Waals surface area contributed by atoms with Gasteiger partial charge in [0.25, 0.3) is 0 Å². The highest BCUT2D eigenvalue weighted by molar-refractivity contribution is 5.93. The predicted molar refractivity (Wildman–Crippen MR) is 140 cm³/mol. The van der Waals surface area contributed by atoms with Gasteiger partial charge in [-0.3, -0.25) is 4.79 Å². The van der Waals surface area contributed by atoms with Crippen LogP contribution >= 0.6 is 0 Å². The van der Waals surface area contributed by atoms with Gasteiger partial charge < -0.3 is 10.0 Å². The first-order chi connectivity index (χ1) is 16.9. The first-order valence-electron chi connectivity index (χ1n) is 13.2. The van der Waals surface area contributed by atoms with Crippen LogP contribution in [0.1, 0.15) is 65.7 Å². The number of hydrogen-bond donors (Lipinski definition) is 1. The minimum atomic E-state index is -1.24. The second-order valence-corrected chi connectivity index (χ2v) is 11.7. The molecule has 0 bridgehead atoms. The number of likely N-dealkylation sites (N-methyl/N-ethyl adjacent to an activating group) is 1. The SMILES string of the molecule is C=C/C(=C\C(F)=C(/F)[C@H]1C[C@@]2(C)[C@@H](CC[C@@]2(O)C#CC(C)C)[C@@H]2CCC3=CC(=O)CCC3=C21)N(C)C. The second-order valence-electron chi connectivity index (χ2n) is 11.7. The number of ketones is 1. The summed E-state index contributed by atoms with van der Waals surface area (Å²) in [6, 6.07) is 0. The predicted octanol–water partition coefficient (Wildman–Crippen LogP) is 6.59. The van der Waals surface area contributed by atoms with Crippen LogP contribution in [-0.2, 0) is 4.79 Å². The molecule has 0 unspecified atom stereocenters. The van der Waals surface area contributed by atoms with E-state index in [1.54, 1.807) is 25.1 Å². The van der Waals surface area contributed by atoms with Crippen molar-refractivity contribution in [2.75, 3.05) is 14.1 Å². The number of hydrogen-bond acceptors (Lipinski definition) is 3. The third-order valence-electron chi connectivity index (χ3n) is 8.99. The van der Waals surface area contributed by atoms with Crippen molar-refractivity contribution in [3.05, 3.63) is 58.9 Å². The van der Waals surface area contributed by atoms with Crippen LogP contribution in [0.3, 0.4) is 0 Å². The zero-order valence-corrected chi connectivity index (χ0v) is 22.3. The van der Waals surface area contributed by atoms with Crippen molar-refractivity contribution in [1.82, 2.24) is 4.90 Å². The van der Waals surface area contributed by atoms with Gasteiger partial charge in [0.2, 0.25) is 0 Å². The van der Waals surface area contributed by atoms with Gasteiger partial charge in [0.15, 0.2) is 11.6 Å². The summed E-state index contributed by atoms with van der Waals surface area (Å²) in [5, 5.41) is 11.8. The lowest BCUT2D eigenvalue weighted by atomic mass is 9.52. The molecule has 2 saturated carbocycles. The van der Waals surface area contributed by atoms with Gasteiger partial charge in [-0.05, 0) is 79.7 Å². The standard InChI is InChI=1S/C31H39F2NO2/c1-7-21(34(5)6)17-27(32)29(33)25-18-30(4)26(13-15-31(30,36)14-12-19(2)3)24-10-8-20-16-22(35)9-11-23(20)28(24)25/h7,16-17,19,24-26,36H,1,8-11,13,15,18H2,2-6H3/b21-17+,29-27+/t24-,25-,26-,30-,31-/m0/s1. The molecule has 4 aliphatic carbocycles. The molecule has 3 nitrogen and oxygen atoms in total. The Kier molecular flexibility index (Phi) is 7.23. The molecule has 36 heavy (non-hydrogen) atoms. The maximum Gasteiger partial charge on any atom is 0.157 e. The topological polar surface area (TPSA) is 40.5 Å². The molecule has 0 radical (unpaired) electrons. The summed E-state index contributed by atoms with van der Waals surface area (Å²) in [5.74, 6) is 4.22. The van der Waals surface area contributed by atoms with Crippen LogP contribution in [-0.4, -0.2) is 35.5 Å². The van der Waals surface area contributed by atoms with Crippen molar-refractivity contribution in [1.29, 1.82) is 0 Å². The largest absolute Gasteiger partial charge is 0.378 e. The molecule has 0 amide bonds. The maximum atomic E-state index is 16.2. The molecule has 0 aromatic rings. The average Bonchev–Trinajstić information content (AvgIpc) is 3.10. The van der Waals surface area contributed by atoms with Crippen LogP contribution in [0.15, 0.2) is 58.9 Å². The molecule has 4 rings (SSSR count). The quantitative estimate of drug-likeness (QED) is 0.353. The molecule has 0 spiro atoms. The molecule has 0 aromatic heterocycles. The van der Waals surface area contributed by atoms with Crippen molar-refractivity contribution in [3.8, 4) is 11.8 Å². The first kappa shape index (κ1) is 26.6. The molecule has 2 fully saturated rings. The van der Waals surface area contributed by atoms with Crippen LogP contribution in [0.25, 0.3) is 0 Å². The van der Waals surface area contributed by atoms with E-state index in [2.05, 4.69) is 18.4 Å². The minimum Gasteiger partial charge on any atom is -0.378 e. The fraction of sp³-hybridized carbons (Fsp3) is 0.581. The van der Waals surface area contributed by atoms with Gasteiger partial charge >= 0.3 is 0 Å². The van der Waals surface area contributed by atoms with Gasteiger partial charge in [-0.15, -0.1) is 0 Å². The minimum absolute atomic E-state index is 0.0410. The zero-order chi connectivity index (χ0) is 26.4. The normalized spacial score (nSPS) is 34.7. The summed E-state index contributed by atoms with van der Waals surface area (Å²) in [6.45, 7) is 9.73. The van der Waals surface area contributed by atoms with Crippen molar-refractivity contribution in [2.24, 2.45) is 29.1 Å². The highest BCUT2D eigenvalue weighted by Gasteiger charge is 2.63. The van der Waals surface area contributed by atoms with Crippen LogP contribution < -0.4 is 0 Å². The van der Waals surface area contributed by atoms with E-state index in [1.807, 2.05) is 20.8 Å². The number of halogens is 2. The number of allylic oxidation sites excluding steroid dienone is 8. The Morgan fingerprint density at radius 2 is 1.97 bits per heavy atom. The summed E-state index contributed by atoms with van der Waals surface area (Å²) in [6.07, 6.45) is 8.57. The Balaban J connectivity index is 1.90. The smallest absolute Gasteiger partial charge is 0.157 e. The van der Waals surface area contributed by atoms with Crippen LogP contribution in [0, 0.1) is 40.9 Å². The summed E-state index contributed by atoms with van der Waals surface area (Å²) in [4.78, 5) is 13.8. The molecule has 5 atom stereocenters. The Bertz CT molecular complexity index is 1140. The molecular formula is C31H39F2NO2. The molecule has 0 heterocycles. The summed E-state index contributed by atoms with van der Waals surface area (Å²) >= 11 is 0. The summed E-state index contributed by atoms with van der Waals surface area (Å²) in [5.41, 5.74) is 1.56. The average molecular weight is 496 g/mol. The van der Waals surface area contributed by atoms with Gasteiger partial charge in [-0.1, -0.05) is 44.8 Å². The third kappa shape index (κ3) is 4.43. The zero-order valence-electron chi connectivity index (χ0n) is 22.3. The highest BCUT2D eigenvalue weighted by atomic mass is 19.2. The van der Waals surface area contributed by atoms with E-state index >= 15 is 8.78 Å². The van der Waals surface area contributed by atoms with Gasteiger partial charge in [-0.2, -0.15) is 0 Å². The van der Waals surface area contributed by atoms with Crippen molar-refractivity contribution in [3.63, 3.8) is 0 Å². The van der Waals surface area contributed by atoms with Gasteiger partial charge in [0, 0.05) is 43.5 Å². The van der Waals surface area contributed by atoms with E-state index in [9.17, 15) is 9.90 Å². The summed E-state index contributed by atoms with van der Waals surface area (Å²) < 4.78 is 31.7. The number of fused-ring (bicyclic) bond motifs is 4. The van der Waals surface area contributed by atoms with E-state index in [1.165, 1.54) is 12.2 Å². The molecule has 1 N–H and O–H groups in total. The molecule has 4 aliphatic rings. The molecular weight excluding hydrogens is 456 g/mol. The Morgan fingerprint density at radius 1 is 1.25 bits per heavy atom. The van der Waals surface area contributed by atoms with Crippen LogP contribution in [0.4, 0.5) is 8.78 Å². The first-order valence-corrected chi connectivity index (χ1v) is 13.2. The van der Waals surface area contributed by atoms with E-state index in [-0.39, 0.29) is 30.0 Å². The van der Waals surface area contributed by atoms with Crippen LogP contribution in [0.5, 0.6) is 0 Å². The van der Waals surface area contributed by atoms with E-state index in [4.69, 9.17) is 0 Å². The Morgan fingerprint density at radius 3 is 2.61 bits per heavy atom. The summed E-state index contributed by atoms with van der Waals surface area (Å²) in [7, 11) is 3.52. The number of nitrogens with zero attached hydrogens (tertiary/aromatic N) is 1. The number of rotatable bonds is 4. The molecule has 0 saturated heterocycles.